The van der Waals surface area contributed by atoms with Gasteiger partial charge in [0.15, 0.2) is 0 Å². The summed E-state index contributed by atoms with van der Waals surface area (Å²) in [7, 11) is 0. The first kappa shape index (κ1) is 17.0. The van der Waals surface area contributed by atoms with E-state index in [1.54, 1.807) is 18.2 Å². The molecule has 0 unspecified atom stereocenters. The number of hydrogen-bond donors (Lipinski definition) is 6. The predicted molar refractivity (Wildman–Crippen MR) is 77.9 cm³/mol. The van der Waals surface area contributed by atoms with Crippen molar-refractivity contribution in [1.82, 2.24) is 5.53 Å². The van der Waals surface area contributed by atoms with Gasteiger partial charge in [-0.3, -0.25) is 5.21 Å². The molecule has 8 nitrogen and oxygen atoms in total. The van der Waals surface area contributed by atoms with E-state index in [1.807, 2.05) is 13.8 Å². The molecule has 8 heteroatoms. The third-order valence-electron chi connectivity index (χ3n) is 2.22. The second kappa shape index (κ2) is 8.97. The fourth-order valence-electron chi connectivity index (χ4n) is 1.38. The zero-order valence-electron chi connectivity index (χ0n) is 11.3. The Hall–Kier alpha value is -2.03. The second-order valence-electron chi connectivity index (χ2n) is 3.47. The van der Waals surface area contributed by atoms with Gasteiger partial charge in [0.05, 0.1) is 5.69 Å². The number of nitrogens with one attached hydrogen (secondary N) is 1. The van der Waals surface area contributed by atoms with Gasteiger partial charge in [-0.2, -0.15) is 10.3 Å². The zero-order valence-corrected chi connectivity index (χ0v) is 11.3. The minimum absolute atomic E-state index is 0.346. The first-order valence-corrected chi connectivity index (χ1v) is 5.94. The summed E-state index contributed by atoms with van der Waals surface area (Å²) in [4.78, 5) is 0. The first-order chi connectivity index (χ1) is 9.04. The SMILES string of the molecule is CC.NN/N=C(\N)CCc1ccc(N(N)O)c(N)c1. The Labute approximate surface area is 112 Å². The van der Waals surface area contributed by atoms with Crippen molar-refractivity contribution >= 4 is 17.2 Å². The van der Waals surface area contributed by atoms with E-state index < -0.39 is 0 Å². The largest absolute Gasteiger partial charge is 0.397 e. The molecule has 0 saturated carbocycles. The number of benzene rings is 1. The number of rotatable bonds is 5. The van der Waals surface area contributed by atoms with Crippen LogP contribution in [0.25, 0.3) is 0 Å². The first-order valence-electron chi connectivity index (χ1n) is 5.94. The topological polar surface area (TPSA) is 152 Å². The minimum atomic E-state index is 0.346. The van der Waals surface area contributed by atoms with E-state index in [4.69, 9.17) is 28.4 Å². The average molecular weight is 269 g/mol. The van der Waals surface area contributed by atoms with Crippen LogP contribution in [0.5, 0.6) is 0 Å². The lowest BCUT2D eigenvalue weighted by Gasteiger charge is -2.13. The molecule has 0 aliphatic rings. The summed E-state index contributed by atoms with van der Waals surface area (Å²) in [6.07, 6.45) is 1.21. The zero-order chi connectivity index (χ0) is 14.8. The molecule has 0 aliphatic heterocycles. The van der Waals surface area contributed by atoms with Crippen molar-refractivity contribution in [2.75, 3.05) is 10.9 Å². The predicted octanol–water partition coefficient (Wildman–Crippen LogP) is 0.0324. The highest BCUT2D eigenvalue weighted by molar-refractivity contribution is 5.80. The fourth-order valence-corrected chi connectivity index (χ4v) is 1.38. The van der Waals surface area contributed by atoms with Gasteiger partial charge in [-0.1, -0.05) is 19.9 Å². The third-order valence-corrected chi connectivity index (χ3v) is 2.22. The maximum atomic E-state index is 9.05. The lowest BCUT2D eigenvalue weighted by molar-refractivity contribution is 0.258. The van der Waals surface area contributed by atoms with E-state index in [9.17, 15) is 0 Å². The number of nitrogens with two attached hydrogens (primary N) is 4. The number of nitrogens with zero attached hydrogens (tertiary/aromatic N) is 2. The molecule has 0 amide bonds. The van der Waals surface area contributed by atoms with Crippen LogP contribution in [0.4, 0.5) is 11.4 Å². The standard InChI is InChI=1S/C9H17N7O.C2H6/c10-7-5-6(1-3-8(7)16(13)17)2-4-9(11)14-15-12;1-2/h1,3,5,15,17H,2,4,10,12-13H2,(H2,11,14);1-2H3. The van der Waals surface area contributed by atoms with E-state index >= 15 is 0 Å². The van der Waals surface area contributed by atoms with Gasteiger partial charge in [-0.05, 0) is 24.1 Å². The van der Waals surface area contributed by atoms with Gasteiger partial charge >= 0.3 is 0 Å². The minimum Gasteiger partial charge on any atom is -0.397 e. The molecule has 0 fully saturated rings. The molecule has 1 aromatic carbocycles. The van der Waals surface area contributed by atoms with Gasteiger partial charge in [0.2, 0.25) is 0 Å². The van der Waals surface area contributed by atoms with Gasteiger partial charge < -0.3 is 11.5 Å². The van der Waals surface area contributed by atoms with E-state index in [0.717, 1.165) is 5.56 Å². The summed E-state index contributed by atoms with van der Waals surface area (Å²) in [6.45, 7) is 4.00. The molecule has 0 atom stereocenters. The Morgan fingerprint density at radius 3 is 2.53 bits per heavy atom. The van der Waals surface area contributed by atoms with Gasteiger partial charge in [0.25, 0.3) is 0 Å². The van der Waals surface area contributed by atoms with Crippen molar-refractivity contribution in [3.63, 3.8) is 0 Å². The van der Waals surface area contributed by atoms with Gasteiger partial charge in [-0.25, -0.2) is 17.2 Å². The van der Waals surface area contributed by atoms with Crippen LogP contribution in [0, 0.1) is 0 Å². The van der Waals surface area contributed by atoms with Crippen molar-refractivity contribution in [2.24, 2.45) is 22.5 Å². The van der Waals surface area contributed by atoms with Crippen LogP contribution >= 0.6 is 0 Å². The molecule has 0 aromatic heterocycles. The molecule has 0 aliphatic carbocycles. The van der Waals surface area contributed by atoms with E-state index in [-0.39, 0.29) is 0 Å². The van der Waals surface area contributed by atoms with Crippen molar-refractivity contribution in [2.45, 2.75) is 26.7 Å². The van der Waals surface area contributed by atoms with Crippen LogP contribution in [0.15, 0.2) is 23.3 Å². The Kier molecular flexibility index (Phi) is 8.02. The second-order valence-corrected chi connectivity index (χ2v) is 3.47. The Morgan fingerprint density at radius 1 is 1.42 bits per heavy atom. The highest BCUT2D eigenvalue weighted by Crippen LogP contribution is 2.21. The lowest BCUT2D eigenvalue weighted by atomic mass is 10.1. The number of nitrogen functional groups attached to an aromatic ring is 1. The molecule has 0 saturated heterocycles. The highest BCUT2D eigenvalue weighted by Gasteiger charge is 2.05. The van der Waals surface area contributed by atoms with Crippen molar-refractivity contribution in [3.8, 4) is 0 Å². The molecule has 0 spiro atoms. The molecule has 108 valence electrons. The normalized spacial score (nSPS) is 10.5. The molecular weight excluding hydrogens is 246 g/mol. The smallest absolute Gasteiger partial charge is 0.121 e. The fraction of sp³-hybridized carbons (Fsp3) is 0.364. The number of hydrazone groups is 1. The maximum Gasteiger partial charge on any atom is 0.121 e. The van der Waals surface area contributed by atoms with Crippen molar-refractivity contribution < 1.29 is 5.21 Å². The van der Waals surface area contributed by atoms with Crippen LogP contribution in [0.1, 0.15) is 25.8 Å². The molecule has 19 heavy (non-hydrogen) atoms. The molecule has 0 radical (unpaired) electrons. The molecule has 1 aromatic rings. The van der Waals surface area contributed by atoms with Crippen LogP contribution in [-0.2, 0) is 6.42 Å². The summed E-state index contributed by atoms with van der Waals surface area (Å²) in [5, 5.41) is 13.2. The summed E-state index contributed by atoms with van der Waals surface area (Å²) >= 11 is 0. The monoisotopic (exact) mass is 269 g/mol. The summed E-state index contributed by atoms with van der Waals surface area (Å²) in [5.74, 6) is 10.6. The van der Waals surface area contributed by atoms with Crippen molar-refractivity contribution in [3.05, 3.63) is 23.8 Å². The number of aryl methyl sites for hydroxylation is 1. The molecule has 0 bridgehead atoms. The van der Waals surface area contributed by atoms with Crippen LogP contribution < -0.4 is 33.9 Å². The Morgan fingerprint density at radius 2 is 2.05 bits per heavy atom. The van der Waals surface area contributed by atoms with E-state index in [0.29, 0.717) is 35.2 Å². The van der Waals surface area contributed by atoms with E-state index in [2.05, 4.69) is 10.6 Å². The lowest BCUT2D eigenvalue weighted by Crippen LogP contribution is -2.26. The average Bonchev–Trinajstić information content (AvgIpc) is 2.39. The molecular formula is C11H23N7O. The van der Waals surface area contributed by atoms with Crippen LogP contribution in [-0.4, -0.2) is 11.0 Å². The molecule has 1 rings (SSSR count). The van der Waals surface area contributed by atoms with Gasteiger partial charge in [0.1, 0.15) is 11.5 Å². The Bertz CT molecular complexity index is 406. The maximum absolute atomic E-state index is 9.05. The van der Waals surface area contributed by atoms with Gasteiger partial charge in [-0.15, -0.1) is 0 Å². The van der Waals surface area contributed by atoms with Crippen LogP contribution in [0.2, 0.25) is 0 Å². The van der Waals surface area contributed by atoms with E-state index in [1.165, 1.54) is 0 Å². The quantitative estimate of drug-likeness (QED) is 0.145. The summed E-state index contributed by atoms with van der Waals surface area (Å²) < 4.78 is 0. The van der Waals surface area contributed by atoms with Gasteiger partial charge in [0, 0.05) is 6.42 Å². The number of amidine groups is 1. The number of anilines is 2. The molecule has 0 heterocycles. The number of hydrogen-bond acceptors (Lipinski definition) is 7. The highest BCUT2D eigenvalue weighted by atomic mass is 16.5. The van der Waals surface area contributed by atoms with Crippen LogP contribution in [0.3, 0.4) is 0 Å². The summed E-state index contributed by atoms with van der Waals surface area (Å²) in [5.41, 5.74) is 15.1. The Balaban J connectivity index is 0.00000154. The van der Waals surface area contributed by atoms with Crippen molar-refractivity contribution in [1.29, 1.82) is 0 Å². The number of hydrazine groups is 2. The third kappa shape index (κ3) is 5.91. The summed E-state index contributed by atoms with van der Waals surface area (Å²) in [6, 6.07) is 5.14. The molecule has 10 N–H and O–H groups in total.